The van der Waals surface area contributed by atoms with E-state index in [9.17, 15) is 13.2 Å². The molecule has 0 unspecified atom stereocenters. The van der Waals surface area contributed by atoms with Crippen molar-refractivity contribution in [3.8, 4) is 5.75 Å². The first kappa shape index (κ1) is 28.8. The Kier molecular flexibility index (Phi) is 11.7. The predicted octanol–water partition coefficient (Wildman–Crippen LogP) is 5.16. The Bertz CT molecular complexity index is 1030. The molecular formula is C27H39NO6S. The van der Waals surface area contributed by atoms with Crippen molar-refractivity contribution in [3.63, 3.8) is 0 Å². The van der Waals surface area contributed by atoms with Crippen LogP contribution in [0.15, 0.2) is 47.4 Å². The number of hydrogen-bond donors (Lipinski definition) is 1. The normalized spacial score (nSPS) is 14.2. The van der Waals surface area contributed by atoms with E-state index in [4.69, 9.17) is 14.0 Å². The molecule has 0 aromatic heterocycles. The van der Waals surface area contributed by atoms with Crippen molar-refractivity contribution in [2.24, 2.45) is 0 Å². The number of rotatable bonds is 9. The molecule has 0 spiro atoms. The molecule has 35 heavy (non-hydrogen) atoms. The molecule has 0 amide bonds. The highest BCUT2D eigenvalue weighted by atomic mass is 32.2. The largest absolute Gasteiger partial charge is 0.482 e. The molecule has 0 saturated carbocycles. The maximum atomic E-state index is 11.9. The number of piperidine rings is 1. The molecule has 0 aliphatic carbocycles. The van der Waals surface area contributed by atoms with Crippen LogP contribution in [-0.2, 0) is 19.6 Å². The van der Waals surface area contributed by atoms with Gasteiger partial charge in [0.05, 0.1) is 11.5 Å². The molecule has 0 radical (unpaired) electrons. The highest BCUT2D eigenvalue weighted by Gasteiger charge is 2.12. The average molecular weight is 506 g/mol. The van der Waals surface area contributed by atoms with Gasteiger partial charge in [0.15, 0.2) is 6.61 Å². The lowest BCUT2D eigenvalue weighted by Crippen LogP contribution is -2.31. The number of ether oxygens (including phenoxy) is 2. The number of esters is 1. The van der Waals surface area contributed by atoms with Gasteiger partial charge in [0.25, 0.3) is 10.1 Å². The summed E-state index contributed by atoms with van der Waals surface area (Å²) < 4.78 is 40.5. The van der Waals surface area contributed by atoms with Crippen LogP contribution in [0.1, 0.15) is 62.1 Å². The van der Waals surface area contributed by atoms with Crippen molar-refractivity contribution >= 4 is 16.1 Å². The van der Waals surface area contributed by atoms with Gasteiger partial charge < -0.3 is 14.4 Å². The third kappa shape index (κ3) is 10.8. The standard InChI is InChI=1S/C20H31NO3.C7H8O3S/c1-16(2)18-9-8-17(3)14-19(18)24-15-20(22)23-13-7-12-21-10-5-4-6-11-21;1-6-2-4-7(5-3-6)11(8,9)10/h8-9,14,16H,4-7,10-13,15H2,1-3H3;2-5H,1H3,(H,8,9,10). The van der Waals surface area contributed by atoms with Gasteiger partial charge in [-0.1, -0.05) is 50.1 Å². The fourth-order valence-corrected chi connectivity index (χ4v) is 4.27. The van der Waals surface area contributed by atoms with E-state index in [0.29, 0.717) is 12.5 Å². The van der Waals surface area contributed by atoms with E-state index in [0.717, 1.165) is 35.4 Å². The van der Waals surface area contributed by atoms with Crippen molar-refractivity contribution in [1.82, 2.24) is 4.90 Å². The maximum Gasteiger partial charge on any atom is 0.344 e. The Morgan fingerprint density at radius 2 is 1.63 bits per heavy atom. The second kappa shape index (κ2) is 14.2. The van der Waals surface area contributed by atoms with Crippen molar-refractivity contribution in [2.45, 2.75) is 64.2 Å². The van der Waals surface area contributed by atoms with Crippen molar-refractivity contribution in [2.75, 3.05) is 32.8 Å². The number of benzene rings is 2. The van der Waals surface area contributed by atoms with Crippen LogP contribution in [0.3, 0.4) is 0 Å². The van der Waals surface area contributed by atoms with Gasteiger partial charge in [-0.25, -0.2) is 4.79 Å². The fourth-order valence-electron chi connectivity index (χ4n) is 3.79. The highest BCUT2D eigenvalue weighted by molar-refractivity contribution is 7.85. The van der Waals surface area contributed by atoms with Crippen LogP contribution >= 0.6 is 0 Å². The van der Waals surface area contributed by atoms with E-state index in [1.807, 2.05) is 19.9 Å². The molecule has 2 aromatic carbocycles. The van der Waals surface area contributed by atoms with E-state index in [1.54, 1.807) is 12.1 Å². The van der Waals surface area contributed by atoms with E-state index in [1.165, 1.54) is 44.5 Å². The van der Waals surface area contributed by atoms with E-state index >= 15 is 0 Å². The minimum absolute atomic E-state index is 0.0209. The van der Waals surface area contributed by atoms with E-state index < -0.39 is 10.1 Å². The van der Waals surface area contributed by atoms with Crippen LogP contribution in [-0.4, -0.2) is 56.7 Å². The van der Waals surface area contributed by atoms with Gasteiger partial charge in [-0.05, 0) is 81.4 Å². The molecule has 1 heterocycles. The molecule has 7 nitrogen and oxygen atoms in total. The number of likely N-dealkylation sites (tertiary alicyclic amines) is 1. The smallest absolute Gasteiger partial charge is 0.344 e. The van der Waals surface area contributed by atoms with Gasteiger partial charge in [-0.15, -0.1) is 0 Å². The third-order valence-electron chi connectivity index (χ3n) is 5.79. The Morgan fingerprint density at radius 1 is 1.00 bits per heavy atom. The number of nitrogens with zero attached hydrogens (tertiary/aromatic N) is 1. The number of hydrogen-bond acceptors (Lipinski definition) is 6. The topological polar surface area (TPSA) is 93.1 Å². The predicted molar refractivity (Wildman–Crippen MR) is 138 cm³/mol. The Hall–Kier alpha value is -2.42. The third-order valence-corrected chi connectivity index (χ3v) is 6.65. The minimum atomic E-state index is -4.02. The molecule has 2 aromatic rings. The number of carbonyl (C=O) groups is 1. The van der Waals surface area contributed by atoms with Gasteiger partial charge in [-0.2, -0.15) is 8.42 Å². The van der Waals surface area contributed by atoms with Crippen molar-refractivity contribution < 1.29 is 27.2 Å². The van der Waals surface area contributed by atoms with Crippen LogP contribution in [0.4, 0.5) is 0 Å². The lowest BCUT2D eigenvalue weighted by Gasteiger charge is -2.26. The number of carbonyl (C=O) groups excluding carboxylic acids is 1. The quantitative estimate of drug-likeness (QED) is 0.286. The lowest BCUT2D eigenvalue weighted by atomic mass is 10.0. The zero-order valence-electron chi connectivity index (χ0n) is 21.3. The van der Waals surface area contributed by atoms with Gasteiger partial charge in [-0.3, -0.25) is 4.55 Å². The zero-order chi connectivity index (χ0) is 25.8. The van der Waals surface area contributed by atoms with Crippen molar-refractivity contribution in [3.05, 3.63) is 59.2 Å². The van der Waals surface area contributed by atoms with E-state index in [-0.39, 0.29) is 17.5 Å². The summed E-state index contributed by atoms with van der Waals surface area (Å²) >= 11 is 0. The van der Waals surface area contributed by atoms with Crippen molar-refractivity contribution in [1.29, 1.82) is 0 Å². The summed E-state index contributed by atoms with van der Waals surface area (Å²) in [5, 5.41) is 0. The Balaban J connectivity index is 0.000000328. The molecular weight excluding hydrogens is 466 g/mol. The molecule has 1 fully saturated rings. The average Bonchev–Trinajstić information content (AvgIpc) is 2.81. The Morgan fingerprint density at radius 3 is 2.23 bits per heavy atom. The summed E-state index contributed by atoms with van der Waals surface area (Å²) in [5.74, 6) is 0.862. The van der Waals surface area contributed by atoms with Crippen LogP contribution in [0.5, 0.6) is 5.75 Å². The summed E-state index contributed by atoms with van der Waals surface area (Å²) in [7, 11) is -4.02. The van der Waals surface area contributed by atoms with Crippen LogP contribution < -0.4 is 4.74 Å². The summed E-state index contributed by atoms with van der Waals surface area (Å²) in [4.78, 5) is 14.3. The molecule has 3 rings (SSSR count). The first-order chi connectivity index (χ1) is 16.6. The zero-order valence-corrected chi connectivity index (χ0v) is 22.1. The maximum absolute atomic E-state index is 11.9. The van der Waals surface area contributed by atoms with Crippen LogP contribution in [0, 0.1) is 13.8 Å². The minimum Gasteiger partial charge on any atom is -0.482 e. The summed E-state index contributed by atoms with van der Waals surface area (Å²) in [6.45, 7) is 11.9. The van der Waals surface area contributed by atoms with Gasteiger partial charge >= 0.3 is 5.97 Å². The summed E-state index contributed by atoms with van der Waals surface area (Å²) in [5.41, 5.74) is 3.21. The molecule has 1 N–H and O–H groups in total. The van der Waals surface area contributed by atoms with Gasteiger partial charge in [0.2, 0.25) is 0 Å². The second-order valence-corrected chi connectivity index (χ2v) is 10.7. The molecule has 0 atom stereocenters. The summed E-state index contributed by atoms with van der Waals surface area (Å²) in [6.07, 6.45) is 4.83. The molecule has 1 saturated heterocycles. The molecule has 1 aliphatic heterocycles. The monoisotopic (exact) mass is 505 g/mol. The highest BCUT2D eigenvalue weighted by Crippen LogP contribution is 2.27. The van der Waals surface area contributed by atoms with Gasteiger partial charge in [0.1, 0.15) is 5.75 Å². The first-order valence-corrected chi connectivity index (χ1v) is 13.7. The SMILES string of the molecule is Cc1ccc(C(C)C)c(OCC(=O)OCCCN2CCCCC2)c1.Cc1ccc(S(=O)(=O)O)cc1. The van der Waals surface area contributed by atoms with Gasteiger partial charge in [0, 0.05) is 6.54 Å². The molecule has 8 heteroatoms. The second-order valence-electron chi connectivity index (χ2n) is 9.25. The van der Waals surface area contributed by atoms with Crippen LogP contribution in [0.2, 0.25) is 0 Å². The van der Waals surface area contributed by atoms with Crippen LogP contribution in [0.25, 0.3) is 0 Å². The molecule has 194 valence electrons. The molecule has 1 aliphatic rings. The summed E-state index contributed by atoms with van der Waals surface area (Å²) in [6, 6.07) is 12.1. The van der Waals surface area contributed by atoms with E-state index in [2.05, 4.69) is 30.9 Å². The lowest BCUT2D eigenvalue weighted by molar-refractivity contribution is -0.146. The Labute approximate surface area is 210 Å². The number of aryl methyl sites for hydroxylation is 2. The fraction of sp³-hybridized carbons (Fsp3) is 0.519. The molecule has 0 bridgehead atoms. The first-order valence-electron chi connectivity index (χ1n) is 12.2.